The third-order valence-corrected chi connectivity index (χ3v) is 7.22. The third-order valence-electron chi connectivity index (χ3n) is 7.22. The van der Waals surface area contributed by atoms with Crippen molar-refractivity contribution >= 4 is 30.1 Å². The highest BCUT2D eigenvalue weighted by Crippen LogP contribution is 2.35. The van der Waals surface area contributed by atoms with Crippen molar-refractivity contribution in [2.45, 2.75) is 33.6 Å². The van der Waals surface area contributed by atoms with Crippen LogP contribution >= 0.6 is 0 Å². The first-order chi connectivity index (χ1) is 23.9. The van der Waals surface area contributed by atoms with Crippen LogP contribution in [0.15, 0.2) is 121 Å². The quantitative estimate of drug-likeness (QED) is 0.0492. The Morgan fingerprint density at radius 1 is 0.660 bits per heavy atom. The van der Waals surface area contributed by atoms with Gasteiger partial charge >= 0.3 is 17.9 Å². The summed E-state index contributed by atoms with van der Waals surface area (Å²) >= 11 is 0. The number of aryl methyl sites for hydroxylation is 1. The molecule has 0 aromatic heterocycles. The second-order valence-corrected chi connectivity index (χ2v) is 11.6. The largest absolute Gasteiger partial charge is 0.423 e. The lowest BCUT2D eigenvalue weighted by Gasteiger charge is -2.15. The number of alkyl halides is 1. The number of carbonyl (C=O) groups is 3. The van der Waals surface area contributed by atoms with Crippen molar-refractivity contribution in [3.63, 3.8) is 0 Å². The van der Waals surface area contributed by atoms with Crippen molar-refractivity contribution in [2.75, 3.05) is 6.67 Å². The number of ether oxygens (including phenoxy) is 3. The standard InChI is InChI=1S/C43H37FO6/c1-28(2)41(45)48-37-21-14-32(15-22-37)10-9-31-11-18-34(19-12-31)39-26-35(8-7-25-44)36(27-40(39)50-43(47)30(5)6)20-13-33-16-23-38(24-17-33)49-42(46)29(3)4/h9-12,14-19,21-24,26-27H,1,3,5,7-8,25H2,2,4,6H3/b10-9+. The topological polar surface area (TPSA) is 78.9 Å². The molecule has 50 heavy (non-hydrogen) atoms. The maximum absolute atomic E-state index is 13.4. The molecule has 4 rings (SSSR count). The van der Waals surface area contributed by atoms with Gasteiger partial charge in [0.1, 0.15) is 17.2 Å². The smallest absolute Gasteiger partial charge is 0.338 e. The van der Waals surface area contributed by atoms with Crippen molar-refractivity contribution in [1.29, 1.82) is 0 Å². The number of carbonyl (C=O) groups excluding carboxylic acids is 3. The highest BCUT2D eigenvalue weighted by Gasteiger charge is 2.16. The average molecular weight is 669 g/mol. The van der Waals surface area contributed by atoms with E-state index in [0.29, 0.717) is 57.9 Å². The van der Waals surface area contributed by atoms with Crippen molar-refractivity contribution in [3.8, 4) is 40.2 Å². The van der Waals surface area contributed by atoms with E-state index in [0.717, 1.165) is 22.3 Å². The molecule has 0 aliphatic rings. The lowest BCUT2D eigenvalue weighted by atomic mass is 9.94. The molecule has 7 heteroatoms. The van der Waals surface area contributed by atoms with Crippen LogP contribution in [0.1, 0.15) is 55.0 Å². The molecule has 0 radical (unpaired) electrons. The molecule has 0 unspecified atom stereocenters. The molecule has 4 aromatic rings. The van der Waals surface area contributed by atoms with Crippen LogP contribution in [0, 0.1) is 11.8 Å². The third kappa shape index (κ3) is 10.4. The first-order valence-electron chi connectivity index (χ1n) is 15.8. The van der Waals surface area contributed by atoms with Crippen LogP contribution in [0.3, 0.4) is 0 Å². The highest BCUT2D eigenvalue weighted by molar-refractivity contribution is 5.91. The number of benzene rings is 4. The van der Waals surface area contributed by atoms with E-state index in [1.54, 1.807) is 63.2 Å². The highest BCUT2D eigenvalue weighted by atomic mass is 19.1. The fraction of sp³-hybridized carbons (Fsp3) is 0.140. The van der Waals surface area contributed by atoms with Crippen LogP contribution in [0.2, 0.25) is 0 Å². The molecule has 0 saturated carbocycles. The van der Waals surface area contributed by atoms with Gasteiger partial charge in [0.15, 0.2) is 0 Å². The van der Waals surface area contributed by atoms with Gasteiger partial charge in [-0.3, -0.25) is 4.39 Å². The maximum Gasteiger partial charge on any atom is 0.338 e. The van der Waals surface area contributed by atoms with Crippen LogP contribution in [0.25, 0.3) is 23.3 Å². The maximum atomic E-state index is 13.4. The van der Waals surface area contributed by atoms with E-state index in [9.17, 15) is 18.8 Å². The van der Waals surface area contributed by atoms with Gasteiger partial charge in [0.2, 0.25) is 0 Å². The second kappa shape index (κ2) is 17.2. The van der Waals surface area contributed by atoms with Crippen LogP contribution in [-0.2, 0) is 20.8 Å². The van der Waals surface area contributed by atoms with E-state index in [4.69, 9.17) is 14.2 Å². The minimum atomic E-state index is -0.582. The normalized spacial score (nSPS) is 10.5. The number of hydrogen-bond donors (Lipinski definition) is 0. The van der Waals surface area contributed by atoms with E-state index < -0.39 is 24.6 Å². The monoisotopic (exact) mass is 668 g/mol. The van der Waals surface area contributed by atoms with Gasteiger partial charge in [-0.15, -0.1) is 0 Å². The summed E-state index contributed by atoms with van der Waals surface area (Å²) in [5.41, 5.74) is 6.17. The lowest BCUT2D eigenvalue weighted by Crippen LogP contribution is -2.10. The lowest BCUT2D eigenvalue weighted by molar-refractivity contribution is -0.130. The molecule has 0 bridgehead atoms. The summed E-state index contributed by atoms with van der Waals surface area (Å²) in [5, 5.41) is 0. The molecule has 0 heterocycles. The van der Waals surface area contributed by atoms with Gasteiger partial charge < -0.3 is 14.2 Å². The molecular formula is C43H37FO6. The van der Waals surface area contributed by atoms with E-state index in [2.05, 4.69) is 31.6 Å². The molecule has 0 aliphatic heterocycles. The first-order valence-corrected chi connectivity index (χ1v) is 15.8. The fourth-order valence-corrected chi connectivity index (χ4v) is 4.45. The van der Waals surface area contributed by atoms with E-state index in [-0.39, 0.29) is 5.57 Å². The summed E-state index contributed by atoms with van der Waals surface area (Å²) in [4.78, 5) is 36.3. The Bertz CT molecular complexity index is 2020. The van der Waals surface area contributed by atoms with Crippen molar-refractivity contribution in [3.05, 3.63) is 149 Å². The van der Waals surface area contributed by atoms with E-state index in [1.165, 1.54) is 0 Å². The Morgan fingerprint density at radius 3 is 1.64 bits per heavy atom. The molecule has 4 aromatic carbocycles. The molecule has 0 N–H and O–H groups in total. The van der Waals surface area contributed by atoms with Gasteiger partial charge in [-0.25, -0.2) is 14.4 Å². The van der Waals surface area contributed by atoms with Crippen molar-refractivity contribution in [2.24, 2.45) is 0 Å². The molecule has 0 atom stereocenters. The average Bonchev–Trinajstić information content (AvgIpc) is 3.10. The Labute approximate surface area is 292 Å². The molecule has 6 nitrogen and oxygen atoms in total. The zero-order valence-electron chi connectivity index (χ0n) is 28.3. The summed E-state index contributed by atoms with van der Waals surface area (Å²) in [6, 6.07) is 25.1. The Morgan fingerprint density at radius 2 is 1.14 bits per heavy atom. The predicted molar refractivity (Wildman–Crippen MR) is 195 cm³/mol. The van der Waals surface area contributed by atoms with Crippen LogP contribution < -0.4 is 14.2 Å². The first kappa shape index (κ1) is 36.6. The molecule has 252 valence electrons. The molecule has 0 fully saturated rings. The van der Waals surface area contributed by atoms with Crippen molar-refractivity contribution < 1.29 is 33.0 Å². The molecule has 0 amide bonds. The van der Waals surface area contributed by atoms with E-state index in [1.807, 2.05) is 54.6 Å². The number of hydrogen-bond acceptors (Lipinski definition) is 6. The molecule has 0 spiro atoms. The summed E-state index contributed by atoms with van der Waals surface area (Å²) in [7, 11) is 0. The summed E-state index contributed by atoms with van der Waals surface area (Å²) in [5.74, 6) is 5.77. The van der Waals surface area contributed by atoms with E-state index >= 15 is 0 Å². The van der Waals surface area contributed by atoms with Gasteiger partial charge in [-0.1, -0.05) is 80.1 Å². The SMILES string of the molecule is C=C(C)C(=O)Oc1ccc(C#Cc2cc(OC(=O)C(=C)C)c(-c3ccc(/C=C/c4ccc(OC(=O)C(=C)C)cc4)cc3)cc2CCCF)cc1. The predicted octanol–water partition coefficient (Wildman–Crippen LogP) is 9.27. The number of rotatable bonds is 12. The van der Waals surface area contributed by atoms with Gasteiger partial charge in [-0.05, 0) is 104 Å². The zero-order valence-corrected chi connectivity index (χ0v) is 28.3. The molecule has 0 aliphatic carbocycles. The van der Waals surface area contributed by atoms with Crippen LogP contribution in [0.5, 0.6) is 17.2 Å². The Hall–Kier alpha value is -6.26. The van der Waals surface area contributed by atoms with Crippen LogP contribution in [0.4, 0.5) is 4.39 Å². The fourth-order valence-electron chi connectivity index (χ4n) is 4.45. The number of halogens is 1. The summed E-state index contributed by atoms with van der Waals surface area (Å²) in [6.45, 7) is 15.1. The molecular weight excluding hydrogens is 631 g/mol. The molecule has 0 saturated heterocycles. The summed E-state index contributed by atoms with van der Waals surface area (Å²) in [6.07, 6.45) is 4.60. The minimum absolute atomic E-state index is 0.236. The second-order valence-electron chi connectivity index (χ2n) is 11.6. The Kier molecular flexibility index (Phi) is 12.6. The van der Waals surface area contributed by atoms with Gasteiger partial charge in [0.25, 0.3) is 0 Å². The van der Waals surface area contributed by atoms with Gasteiger partial charge in [0.05, 0.1) is 6.67 Å². The minimum Gasteiger partial charge on any atom is -0.423 e. The van der Waals surface area contributed by atoms with Gasteiger partial charge in [0, 0.05) is 33.4 Å². The summed E-state index contributed by atoms with van der Waals surface area (Å²) < 4.78 is 29.6. The number of esters is 3. The van der Waals surface area contributed by atoms with Crippen LogP contribution in [-0.4, -0.2) is 24.6 Å². The zero-order chi connectivity index (χ0) is 36.2. The van der Waals surface area contributed by atoms with Gasteiger partial charge in [-0.2, -0.15) is 0 Å². The van der Waals surface area contributed by atoms with Crippen molar-refractivity contribution in [1.82, 2.24) is 0 Å². The Balaban J connectivity index is 1.63.